The fourth-order valence-corrected chi connectivity index (χ4v) is 3.00. The molecule has 0 radical (unpaired) electrons. The van der Waals surface area contributed by atoms with Crippen LogP contribution in [0.4, 0.5) is 0 Å². The maximum absolute atomic E-state index is 11.5. The number of nitrogens with zero attached hydrogens (tertiary/aromatic N) is 3. The summed E-state index contributed by atoms with van der Waals surface area (Å²) in [5.74, 6) is 0.405. The Hall–Kier alpha value is -1.69. The van der Waals surface area contributed by atoms with Crippen LogP contribution in [0.2, 0.25) is 0 Å². The number of aryl methyl sites for hydroxylation is 1. The zero-order valence-corrected chi connectivity index (χ0v) is 12.4. The quantitative estimate of drug-likeness (QED) is 0.794. The summed E-state index contributed by atoms with van der Waals surface area (Å²) in [6.07, 6.45) is 2.71. The molecule has 20 heavy (non-hydrogen) atoms. The third kappa shape index (κ3) is 2.75. The van der Waals surface area contributed by atoms with E-state index in [1.54, 1.807) is 18.3 Å². The van der Waals surface area contributed by atoms with E-state index in [1.165, 1.54) is 12.8 Å². The van der Waals surface area contributed by atoms with Gasteiger partial charge in [-0.3, -0.25) is 9.48 Å². The number of aromatic nitrogens is 3. The smallest absolute Gasteiger partial charge is 0.311 e. The first-order chi connectivity index (χ1) is 9.67. The van der Waals surface area contributed by atoms with Crippen molar-refractivity contribution in [2.45, 2.75) is 32.1 Å². The molecule has 0 bridgehead atoms. The Morgan fingerprint density at radius 2 is 2.35 bits per heavy atom. The number of esters is 1. The molecular formula is C14H17N3O2S. The van der Waals surface area contributed by atoms with Gasteiger partial charge in [-0.25, -0.2) is 4.98 Å². The minimum atomic E-state index is -0.229. The molecule has 0 spiro atoms. The van der Waals surface area contributed by atoms with Crippen molar-refractivity contribution in [2.24, 2.45) is 7.05 Å². The second-order valence-corrected chi connectivity index (χ2v) is 5.84. The average Bonchev–Trinajstić information content (AvgIpc) is 3.04. The molecule has 0 aliphatic heterocycles. The number of carbonyl (C=O) groups is 1. The first-order valence-corrected chi connectivity index (χ1v) is 7.69. The normalized spacial score (nSPS) is 14.5. The monoisotopic (exact) mass is 291 g/mol. The van der Waals surface area contributed by atoms with Crippen molar-refractivity contribution < 1.29 is 9.53 Å². The Labute approximate surface area is 121 Å². The van der Waals surface area contributed by atoms with Crippen molar-refractivity contribution in [3.05, 3.63) is 22.8 Å². The number of thiazole rings is 1. The van der Waals surface area contributed by atoms with E-state index < -0.39 is 0 Å². The molecule has 5 nitrogen and oxygen atoms in total. The van der Waals surface area contributed by atoms with Gasteiger partial charge in [0.1, 0.15) is 5.01 Å². The molecule has 0 atom stereocenters. The largest absolute Gasteiger partial charge is 0.466 e. The summed E-state index contributed by atoms with van der Waals surface area (Å²) in [4.78, 5) is 16.0. The van der Waals surface area contributed by atoms with Crippen LogP contribution in [0.25, 0.3) is 10.7 Å². The Bertz CT molecular complexity index is 628. The molecule has 0 N–H and O–H groups in total. The highest BCUT2D eigenvalue weighted by Crippen LogP contribution is 2.40. The molecule has 0 aromatic carbocycles. The number of hydrogen-bond donors (Lipinski definition) is 0. The molecule has 2 heterocycles. The van der Waals surface area contributed by atoms with E-state index in [0.29, 0.717) is 12.5 Å². The fraction of sp³-hybridized carbons (Fsp3) is 0.500. The van der Waals surface area contributed by atoms with Crippen molar-refractivity contribution in [3.63, 3.8) is 0 Å². The van der Waals surface area contributed by atoms with Gasteiger partial charge in [0.25, 0.3) is 0 Å². The summed E-state index contributed by atoms with van der Waals surface area (Å²) < 4.78 is 6.81. The summed E-state index contributed by atoms with van der Waals surface area (Å²) in [5, 5.41) is 7.36. The average molecular weight is 291 g/mol. The molecule has 1 fully saturated rings. The highest BCUT2D eigenvalue weighted by atomic mass is 32.1. The van der Waals surface area contributed by atoms with Gasteiger partial charge in [0.15, 0.2) is 0 Å². The lowest BCUT2D eigenvalue weighted by Gasteiger charge is -1.98. The van der Waals surface area contributed by atoms with Crippen molar-refractivity contribution in [1.29, 1.82) is 0 Å². The highest BCUT2D eigenvalue weighted by Gasteiger charge is 2.27. The molecule has 1 aliphatic rings. The van der Waals surface area contributed by atoms with Crippen LogP contribution in [0.5, 0.6) is 0 Å². The van der Waals surface area contributed by atoms with Crippen molar-refractivity contribution >= 4 is 17.3 Å². The highest BCUT2D eigenvalue weighted by molar-refractivity contribution is 7.13. The van der Waals surface area contributed by atoms with Gasteiger partial charge in [-0.1, -0.05) is 0 Å². The Balaban J connectivity index is 1.77. The predicted octanol–water partition coefficient (Wildman–Crippen LogP) is 2.53. The number of hydrogen-bond acceptors (Lipinski definition) is 5. The molecule has 0 unspecified atom stereocenters. The second-order valence-electron chi connectivity index (χ2n) is 4.98. The van der Waals surface area contributed by atoms with Gasteiger partial charge in [-0.05, 0) is 25.8 Å². The molecule has 1 saturated carbocycles. The van der Waals surface area contributed by atoms with Crippen molar-refractivity contribution in [2.75, 3.05) is 6.61 Å². The van der Waals surface area contributed by atoms with Gasteiger partial charge >= 0.3 is 5.97 Å². The van der Waals surface area contributed by atoms with Gasteiger partial charge in [-0.2, -0.15) is 5.10 Å². The van der Waals surface area contributed by atoms with E-state index in [4.69, 9.17) is 4.74 Å². The third-order valence-corrected chi connectivity index (χ3v) is 4.21. The number of carbonyl (C=O) groups excluding carboxylic acids is 1. The molecule has 3 rings (SSSR count). The summed E-state index contributed by atoms with van der Waals surface area (Å²) in [5.41, 5.74) is 2.94. The molecule has 2 aromatic heterocycles. The van der Waals surface area contributed by atoms with Crippen LogP contribution >= 0.6 is 11.3 Å². The summed E-state index contributed by atoms with van der Waals surface area (Å²) >= 11 is 1.54. The maximum atomic E-state index is 11.5. The molecule has 1 aliphatic carbocycles. The number of ether oxygens (including phenoxy) is 1. The third-order valence-electron chi connectivity index (χ3n) is 3.30. The predicted molar refractivity (Wildman–Crippen MR) is 76.6 cm³/mol. The Morgan fingerprint density at radius 3 is 3.05 bits per heavy atom. The van der Waals surface area contributed by atoms with Crippen LogP contribution in [-0.2, 0) is 23.0 Å². The van der Waals surface area contributed by atoms with E-state index in [-0.39, 0.29) is 12.4 Å². The second kappa shape index (κ2) is 5.36. The lowest BCUT2D eigenvalue weighted by Crippen LogP contribution is -2.07. The zero-order valence-electron chi connectivity index (χ0n) is 11.6. The Kier molecular flexibility index (Phi) is 3.56. The summed E-state index contributed by atoms with van der Waals surface area (Å²) in [6, 6.07) is 2.12. The first-order valence-electron chi connectivity index (χ1n) is 6.81. The molecular weight excluding hydrogens is 274 g/mol. The van der Waals surface area contributed by atoms with Crippen LogP contribution < -0.4 is 0 Å². The summed E-state index contributed by atoms with van der Waals surface area (Å²) in [7, 11) is 1.94. The van der Waals surface area contributed by atoms with Crippen molar-refractivity contribution in [3.8, 4) is 10.7 Å². The van der Waals surface area contributed by atoms with Crippen LogP contribution in [0.1, 0.15) is 37.1 Å². The lowest BCUT2D eigenvalue weighted by atomic mass is 10.3. The standard InChI is InChI=1S/C14H17N3O2S/c1-3-19-13(18)6-10-8-20-14(15-10)12-7-11(9-4-5-9)16-17(12)2/h7-9H,3-6H2,1-2H3. The molecule has 6 heteroatoms. The SMILES string of the molecule is CCOC(=O)Cc1csc(-c2cc(C3CC3)nn2C)n1. The van der Waals surface area contributed by atoms with Gasteiger partial charge in [0.2, 0.25) is 0 Å². The zero-order chi connectivity index (χ0) is 14.1. The van der Waals surface area contributed by atoms with E-state index >= 15 is 0 Å². The van der Waals surface area contributed by atoms with Crippen molar-refractivity contribution in [1.82, 2.24) is 14.8 Å². The van der Waals surface area contributed by atoms with Crippen LogP contribution in [0.3, 0.4) is 0 Å². The van der Waals surface area contributed by atoms with E-state index in [0.717, 1.165) is 22.1 Å². The lowest BCUT2D eigenvalue weighted by molar-refractivity contribution is -0.142. The van der Waals surface area contributed by atoms with Crippen LogP contribution in [0.15, 0.2) is 11.4 Å². The molecule has 106 valence electrons. The summed E-state index contributed by atoms with van der Waals surface area (Å²) in [6.45, 7) is 2.21. The topological polar surface area (TPSA) is 57.0 Å². The van der Waals surface area contributed by atoms with Gasteiger partial charge < -0.3 is 4.74 Å². The number of rotatable bonds is 5. The molecule has 0 saturated heterocycles. The Morgan fingerprint density at radius 1 is 1.55 bits per heavy atom. The minimum Gasteiger partial charge on any atom is -0.466 e. The molecule has 0 amide bonds. The van der Waals surface area contributed by atoms with Crippen LogP contribution in [-0.4, -0.2) is 27.3 Å². The van der Waals surface area contributed by atoms with Gasteiger partial charge in [0.05, 0.1) is 30.1 Å². The van der Waals surface area contributed by atoms with E-state index in [2.05, 4.69) is 16.1 Å². The fourth-order valence-electron chi connectivity index (χ4n) is 2.13. The van der Waals surface area contributed by atoms with Gasteiger partial charge in [-0.15, -0.1) is 11.3 Å². The van der Waals surface area contributed by atoms with Crippen LogP contribution in [0, 0.1) is 0 Å². The molecule has 2 aromatic rings. The minimum absolute atomic E-state index is 0.229. The first kappa shape index (κ1) is 13.3. The maximum Gasteiger partial charge on any atom is 0.311 e. The van der Waals surface area contributed by atoms with E-state index in [1.807, 2.05) is 17.1 Å². The van der Waals surface area contributed by atoms with E-state index in [9.17, 15) is 4.79 Å². The van der Waals surface area contributed by atoms with Gasteiger partial charge in [0, 0.05) is 18.3 Å².